The summed E-state index contributed by atoms with van der Waals surface area (Å²) in [7, 11) is 0. The highest BCUT2D eigenvalue weighted by Crippen LogP contribution is 2.39. The number of carbonyl (C=O) groups is 2. The molecule has 156 valence electrons. The van der Waals surface area contributed by atoms with E-state index in [4.69, 9.17) is 0 Å². The number of pyridine rings is 1. The van der Waals surface area contributed by atoms with Crippen LogP contribution in [0.1, 0.15) is 72.2 Å². The van der Waals surface area contributed by atoms with Gasteiger partial charge in [-0.2, -0.15) is 0 Å². The number of hydrogen-bond acceptors (Lipinski definition) is 3. The van der Waals surface area contributed by atoms with Crippen LogP contribution in [0.15, 0.2) is 18.2 Å². The fourth-order valence-corrected chi connectivity index (χ4v) is 4.44. The molecule has 2 heterocycles. The highest BCUT2D eigenvalue weighted by Gasteiger charge is 2.46. The number of carbonyl (C=O) groups excluding carboxylic acids is 1. The van der Waals surface area contributed by atoms with Gasteiger partial charge in [0.15, 0.2) is 0 Å². The first-order valence-electron chi connectivity index (χ1n) is 10.1. The highest BCUT2D eigenvalue weighted by atomic mass is 16.4. The lowest BCUT2D eigenvalue weighted by molar-refractivity contribution is -0.147. The van der Waals surface area contributed by atoms with E-state index in [1.54, 1.807) is 4.90 Å². The molecular formula is C22H35N3O3. The van der Waals surface area contributed by atoms with E-state index in [0.717, 1.165) is 11.4 Å². The number of urea groups is 1. The van der Waals surface area contributed by atoms with Crippen LogP contribution in [0.3, 0.4) is 0 Å². The molecule has 1 N–H and O–H groups in total. The zero-order chi connectivity index (χ0) is 21.3. The molecule has 1 atom stereocenters. The first-order chi connectivity index (χ1) is 12.8. The van der Waals surface area contributed by atoms with Gasteiger partial charge in [0.2, 0.25) is 0 Å². The number of nitrogens with zero attached hydrogens (tertiary/aromatic N) is 3. The quantitative estimate of drug-likeness (QED) is 0.752. The summed E-state index contributed by atoms with van der Waals surface area (Å²) in [5, 5.41) is 9.93. The van der Waals surface area contributed by atoms with E-state index >= 15 is 0 Å². The van der Waals surface area contributed by atoms with Crippen molar-refractivity contribution < 1.29 is 14.7 Å². The molecule has 1 aromatic heterocycles. The third kappa shape index (κ3) is 5.24. The van der Waals surface area contributed by atoms with Gasteiger partial charge in [-0.1, -0.05) is 54.5 Å². The lowest BCUT2D eigenvalue weighted by Crippen LogP contribution is -2.52. The van der Waals surface area contributed by atoms with Crippen molar-refractivity contribution in [2.45, 2.75) is 73.4 Å². The molecule has 0 saturated carbocycles. The molecule has 0 unspecified atom stereocenters. The van der Waals surface area contributed by atoms with Gasteiger partial charge in [-0.3, -0.25) is 4.98 Å². The molecule has 0 bridgehead atoms. The number of rotatable bonds is 7. The molecule has 2 rings (SSSR count). The Balaban J connectivity index is 2.18. The molecule has 1 aliphatic rings. The molecular weight excluding hydrogens is 354 g/mol. The van der Waals surface area contributed by atoms with Crippen LogP contribution in [0.25, 0.3) is 0 Å². The van der Waals surface area contributed by atoms with Gasteiger partial charge in [-0.25, -0.2) is 9.59 Å². The third-order valence-corrected chi connectivity index (χ3v) is 5.17. The summed E-state index contributed by atoms with van der Waals surface area (Å²) in [5.74, 6) is -0.621. The van der Waals surface area contributed by atoms with Crippen molar-refractivity contribution in [3.8, 4) is 0 Å². The number of aliphatic carboxylic acids is 1. The van der Waals surface area contributed by atoms with Crippen molar-refractivity contribution in [1.82, 2.24) is 14.8 Å². The summed E-state index contributed by atoms with van der Waals surface area (Å²) >= 11 is 0. The Morgan fingerprint density at radius 1 is 1.18 bits per heavy atom. The van der Waals surface area contributed by atoms with Crippen molar-refractivity contribution >= 4 is 12.0 Å². The van der Waals surface area contributed by atoms with E-state index in [1.165, 1.54) is 4.90 Å². The predicted octanol–water partition coefficient (Wildman–Crippen LogP) is 4.36. The van der Waals surface area contributed by atoms with Crippen LogP contribution in [-0.2, 0) is 11.3 Å². The number of carboxylic acids is 1. The monoisotopic (exact) mass is 389 g/mol. The van der Waals surface area contributed by atoms with Gasteiger partial charge >= 0.3 is 12.0 Å². The van der Waals surface area contributed by atoms with Crippen molar-refractivity contribution in [3.05, 3.63) is 29.6 Å². The predicted molar refractivity (Wildman–Crippen MR) is 110 cm³/mol. The largest absolute Gasteiger partial charge is 0.480 e. The van der Waals surface area contributed by atoms with E-state index in [2.05, 4.69) is 39.6 Å². The van der Waals surface area contributed by atoms with E-state index in [-0.39, 0.29) is 11.4 Å². The molecule has 0 spiro atoms. The van der Waals surface area contributed by atoms with Gasteiger partial charge in [0.25, 0.3) is 0 Å². The number of aromatic nitrogens is 1. The molecule has 2 amide bonds. The average Bonchev–Trinajstić information content (AvgIpc) is 2.86. The molecule has 6 heteroatoms. The lowest BCUT2D eigenvalue weighted by atomic mass is 9.71. The van der Waals surface area contributed by atoms with Crippen LogP contribution >= 0.6 is 0 Å². The van der Waals surface area contributed by atoms with Gasteiger partial charge in [0.05, 0.1) is 12.2 Å². The number of amides is 2. The molecule has 28 heavy (non-hydrogen) atoms. The van der Waals surface area contributed by atoms with Crippen molar-refractivity contribution in [2.75, 3.05) is 13.1 Å². The summed E-state index contributed by atoms with van der Waals surface area (Å²) < 4.78 is 0. The van der Waals surface area contributed by atoms with Gasteiger partial charge in [-0.15, -0.1) is 0 Å². The Kier molecular flexibility index (Phi) is 6.41. The summed E-state index contributed by atoms with van der Waals surface area (Å²) in [6.45, 7) is 15.7. The molecule has 0 radical (unpaired) electrons. The standard InChI is InChI=1S/C22H35N3O3/c1-15(2)17-10-8-9-16(23-17)13-24-11-12-25(20(24)28)18(19(26)27)22(6,7)14-21(3,4)5/h8-10,15,18H,11-14H2,1-7H3,(H,26,27)/t18-/m1/s1. The van der Waals surface area contributed by atoms with Gasteiger partial charge in [0, 0.05) is 18.8 Å². The zero-order valence-corrected chi connectivity index (χ0v) is 18.3. The summed E-state index contributed by atoms with van der Waals surface area (Å²) in [5.41, 5.74) is 1.27. The Labute approximate surface area is 168 Å². The molecule has 1 aromatic rings. The second kappa shape index (κ2) is 8.10. The SMILES string of the molecule is CC(C)c1cccc(CN2CCN([C@H](C(=O)O)C(C)(C)CC(C)(C)C)C2=O)n1. The van der Waals surface area contributed by atoms with Crippen LogP contribution in [0.2, 0.25) is 0 Å². The van der Waals surface area contributed by atoms with Crippen LogP contribution in [0, 0.1) is 10.8 Å². The minimum atomic E-state index is -0.940. The highest BCUT2D eigenvalue weighted by molar-refractivity contribution is 5.84. The molecule has 1 saturated heterocycles. The normalized spacial score (nSPS) is 16.8. The Morgan fingerprint density at radius 3 is 2.36 bits per heavy atom. The van der Waals surface area contributed by atoms with E-state index in [1.807, 2.05) is 32.0 Å². The number of carboxylic acid groups (broad SMARTS) is 1. The second-order valence-electron chi connectivity index (χ2n) is 10.1. The maximum atomic E-state index is 13.0. The first kappa shape index (κ1) is 22.2. The Hall–Kier alpha value is -2.11. The molecule has 1 fully saturated rings. The summed E-state index contributed by atoms with van der Waals surface area (Å²) in [6.07, 6.45) is 0.707. The minimum Gasteiger partial charge on any atom is -0.480 e. The smallest absolute Gasteiger partial charge is 0.327 e. The molecule has 0 aliphatic carbocycles. The van der Waals surface area contributed by atoms with Crippen LogP contribution in [0.4, 0.5) is 4.79 Å². The second-order valence-corrected chi connectivity index (χ2v) is 10.1. The van der Waals surface area contributed by atoms with Crippen molar-refractivity contribution in [3.63, 3.8) is 0 Å². The number of hydrogen-bond donors (Lipinski definition) is 1. The fraction of sp³-hybridized carbons (Fsp3) is 0.682. The maximum absolute atomic E-state index is 13.0. The Morgan fingerprint density at radius 2 is 1.82 bits per heavy atom. The zero-order valence-electron chi connectivity index (χ0n) is 18.3. The van der Waals surface area contributed by atoms with Crippen LogP contribution in [-0.4, -0.2) is 51.0 Å². The molecule has 0 aromatic carbocycles. The minimum absolute atomic E-state index is 0.0269. The van der Waals surface area contributed by atoms with Gasteiger partial charge in [-0.05, 0) is 35.3 Å². The van der Waals surface area contributed by atoms with E-state index in [0.29, 0.717) is 32.0 Å². The fourth-order valence-electron chi connectivity index (χ4n) is 4.44. The topological polar surface area (TPSA) is 73.7 Å². The van der Waals surface area contributed by atoms with Crippen LogP contribution in [0.5, 0.6) is 0 Å². The molecule has 6 nitrogen and oxygen atoms in total. The maximum Gasteiger partial charge on any atom is 0.327 e. The third-order valence-electron chi connectivity index (χ3n) is 5.17. The summed E-state index contributed by atoms with van der Waals surface area (Å²) in [6, 6.07) is 4.80. The average molecular weight is 390 g/mol. The van der Waals surface area contributed by atoms with Crippen LogP contribution < -0.4 is 0 Å². The lowest BCUT2D eigenvalue weighted by Gasteiger charge is -2.40. The van der Waals surface area contributed by atoms with Gasteiger partial charge < -0.3 is 14.9 Å². The van der Waals surface area contributed by atoms with Crippen molar-refractivity contribution in [2.24, 2.45) is 10.8 Å². The van der Waals surface area contributed by atoms with Gasteiger partial charge in [0.1, 0.15) is 6.04 Å². The Bertz CT molecular complexity index is 722. The summed E-state index contributed by atoms with van der Waals surface area (Å²) in [4.78, 5) is 33.0. The van der Waals surface area contributed by atoms with E-state index < -0.39 is 17.4 Å². The van der Waals surface area contributed by atoms with E-state index in [9.17, 15) is 14.7 Å². The first-order valence-corrected chi connectivity index (χ1v) is 10.1. The molecule has 1 aliphatic heterocycles. The van der Waals surface area contributed by atoms with Crippen molar-refractivity contribution in [1.29, 1.82) is 0 Å².